The van der Waals surface area contributed by atoms with Gasteiger partial charge in [0, 0.05) is 52.0 Å². The van der Waals surface area contributed by atoms with Gasteiger partial charge in [0.05, 0.1) is 0 Å². The van der Waals surface area contributed by atoms with Gasteiger partial charge in [-0.15, -0.1) is 0 Å². The van der Waals surface area contributed by atoms with Crippen molar-refractivity contribution >= 4 is 17.7 Å². The van der Waals surface area contributed by atoms with E-state index >= 15 is 0 Å². The Morgan fingerprint density at radius 3 is 2.17 bits per heavy atom. The molecule has 0 saturated carbocycles. The molecular formula is C17H31N3O3. The van der Waals surface area contributed by atoms with Crippen molar-refractivity contribution in [3.05, 3.63) is 0 Å². The molecule has 1 saturated heterocycles. The number of carbonyl (C=O) groups excluding carboxylic acids is 3. The van der Waals surface area contributed by atoms with Crippen LogP contribution in [-0.4, -0.2) is 60.2 Å². The zero-order valence-corrected chi connectivity index (χ0v) is 14.8. The SMILES string of the molecule is CCCCC(CC)C(=O)NCCC(=O)N1CCN(C(C)=O)CC1. The second-order valence-corrected chi connectivity index (χ2v) is 6.18. The van der Waals surface area contributed by atoms with E-state index < -0.39 is 0 Å². The van der Waals surface area contributed by atoms with Crippen LogP contribution in [0.15, 0.2) is 0 Å². The molecule has 1 unspecified atom stereocenters. The average Bonchev–Trinajstić information content (AvgIpc) is 2.55. The summed E-state index contributed by atoms with van der Waals surface area (Å²) in [4.78, 5) is 39.0. The number of rotatable bonds is 8. The summed E-state index contributed by atoms with van der Waals surface area (Å²) in [5, 5.41) is 2.89. The van der Waals surface area contributed by atoms with Crippen molar-refractivity contribution in [3.8, 4) is 0 Å². The molecule has 6 nitrogen and oxygen atoms in total. The lowest BCUT2D eigenvalue weighted by Gasteiger charge is -2.34. The second-order valence-electron chi connectivity index (χ2n) is 6.18. The molecule has 1 rings (SSSR count). The number of carbonyl (C=O) groups is 3. The largest absolute Gasteiger partial charge is 0.355 e. The van der Waals surface area contributed by atoms with Crippen molar-refractivity contribution < 1.29 is 14.4 Å². The number of hydrogen-bond donors (Lipinski definition) is 1. The molecule has 1 fully saturated rings. The van der Waals surface area contributed by atoms with Crippen LogP contribution in [0.1, 0.15) is 52.9 Å². The normalized spacial score (nSPS) is 16.1. The first-order chi connectivity index (χ1) is 11.0. The molecule has 0 aromatic rings. The van der Waals surface area contributed by atoms with Crippen molar-refractivity contribution in [2.24, 2.45) is 5.92 Å². The van der Waals surface area contributed by atoms with Gasteiger partial charge in [-0.1, -0.05) is 26.7 Å². The molecule has 0 aromatic heterocycles. The zero-order valence-electron chi connectivity index (χ0n) is 14.8. The quantitative estimate of drug-likeness (QED) is 0.733. The number of piperazine rings is 1. The van der Waals surface area contributed by atoms with Gasteiger partial charge in [0.2, 0.25) is 17.7 Å². The number of nitrogens with one attached hydrogen (secondary N) is 1. The first kappa shape index (κ1) is 19.5. The van der Waals surface area contributed by atoms with Crippen LogP contribution in [0.3, 0.4) is 0 Å². The van der Waals surface area contributed by atoms with E-state index in [0.29, 0.717) is 39.1 Å². The van der Waals surface area contributed by atoms with Gasteiger partial charge in [0.25, 0.3) is 0 Å². The van der Waals surface area contributed by atoms with E-state index in [2.05, 4.69) is 12.2 Å². The Kier molecular flexibility index (Phi) is 8.66. The van der Waals surface area contributed by atoms with Crippen LogP contribution in [0.4, 0.5) is 0 Å². The molecule has 23 heavy (non-hydrogen) atoms. The van der Waals surface area contributed by atoms with Crippen LogP contribution in [-0.2, 0) is 14.4 Å². The molecule has 0 spiro atoms. The molecule has 0 radical (unpaired) electrons. The van der Waals surface area contributed by atoms with Crippen molar-refractivity contribution in [1.29, 1.82) is 0 Å². The summed E-state index contributed by atoms with van der Waals surface area (Å²) in [7, 11) is 0. The highest BCUT2D eigenvalue weighted by Gasteiger charge is 2.22. The second kappa shape index (κ2) is 10.2. The van der Waals surface area contributed by atoms with E-state index in [9.17, 15) is 14.4 Å². The molecule has 0 bridgehead atoms. The average molecular weight is 325 g/mol. The first-order valence-electron chi connectivity index (χ1n) is 8.80. The minimum Gasteiger partial charge on any atom is -0.355 e. The van der Waals surface area contributed by atoms with Crippen LogP contribution in [0.2, 0.25) is 0 Å². The molecule has 1 heterocycles. The van der Waals surface area contributed by atoms with Gasteiger partial charge < -0.3 is 15.1 Å². The Labute approximate surface area is 139 Å². The maximum atomic E-state index is 12.1. The smallest absolute Gasteiger partial charge is 0.224 e. The minimum absolute atomic E-state index is 0.0510. The number of nitrogens with zero attached hydrogens (tertiary/aromatic N) is 2. The van der Waals surface area contributed by atoms with Crippen molar-refractivity contribution in [2.75, 3.05) is 32.7 Å². The molecule has 3 amide bonds. The van der Waals surface area contributed by atoms with Gasteiger partial charge in [0.15, 0.2) is 0 Å². The third-order valence-electron chi connectivity index (χ3n) is 4.49. The topological polar surface area (TPSA) is 69.7 Å². The van der Waals surface area contributed by atoms with E-state index in [0.717, 1.165) is 25.7 Å². The predicted molar refractivity (Wildman–Crippen MR) is 89.8 cm³/mol. The summed E-state index contributed by atoms with van der Waals surface area (Å²) in [6.07, 6.45) is 4.24. The van der Waals surface area contributed by atoms with Gasteiger partial charge in [-0.05, 0) is 12.8 Å². The Balaban J connectivity index is 2.26. The highest BCUT2D eigenvalue weighted by Crippen LogP contribution is 2.12. The third-order valence-corrected chi connectivity index (χ3v) is 4.49. The molecule has 0 aliphatic carbocycles. The van der Waals surface area contributed by atoms with Gasteiger partial charge in [0.1, 0.15) is 0 Å². The summed E-state index contributed by atoms with van der Waals surface area (Å²) in [6.45, 7) is 8.46. The van der Waals surface area contributed by atoms with Crippen LogP contribution in [0, 0.1) is 5.92 Å². The Morgan fingerprint density at radius 2 is 1.65 bits per heavy atom. The fourth-order valence-corrected chi connectivity index (χ4v) is 2.84. The Bertz CT molecular complexity index is 404. The first-order valence-corrected chi connectivity index (χ1v) is 8.80. The predicted octanol–water partition coefficient (Wildman–Crippen LogP) is 1.40. The van der Waals surface area contributed by atoms with Gasteiger partial charge >= 0.3 is 0 Å². The summed E-state index contributed by atoms with van der Waals surface area (Å²) in [6, 6.07) is 0. The minimum atomic E-state index is 0.0510. The Hall–Kier alpha value is -1.59. The monoisotopic (exact) mass is 325 g/mol. The number of amides is 3. The zero-order chi connectivity index (χ0) is 17.2. The molecular weight excluding hydrogens is 294 g/mol. The maximum absolute atomic E-state index is 12.1. The lowest BCUT2D eigenvalue weighted by Crippen LogP contribution is -2.50. The maximum Gasteiger partial charge on any atom is 0.224 e. The summed E-state index contributed by atoms with van der Waals surface area (Å²) in [5.74, 6) is 0.233. The van der Waals surface area contributed by atoms with Crippen molar-refractivity contribution in [2.45, 2.75) is 52.9 Å². The number of hydrogen-bond acceptors (Lipinski definition) is 3. The van der Waals surface area contributed by atoms with Crippen LogP contribution in [0.5, 0.6) is 0 Å². The molecule has 132 valence electrons. The summed E-state index contributed by atoms with van der Waals surface area (Å²) < 4.78 is 0. The molecule has 6 heteroatoms. The molecule has 1 aliphatic rings. The van der Waals surface area contributed by atoms with E-state index in [1.54, 1.807) is 16.7 Å². The molecule has 1 N–H and O–H groups in total. The van der Waals surface area contributed by atoms with Crippen LogP contribution >= 0.6 is 0 Å². The number of unbranched alkanes of at least 4 members (excludes halogenated alkanes) is 1. The lowest BCUT2D eigenvalue weighted by atomic mass is 9.98. The van der Waals surface area contributed by atoms with Crippen molar-refractivity contribution in [1.82, 2.24) is 15.1 Å². The van der Waals surface area contributed by atoms with Gasteiger partial charge in [-0.3, -0.25) is 14.4 Å². The lowest BCUT2D eigenvalue weighted by molar-refractivity contribution is -0.138. The molecule has 0 aromatic carbocycles. The van der Waals surface area contributed by atoms with Crippen LogP contribution in [0.25, 0.3) is 0 Å². The van der Waals surface area contributed by atoms with Gasteiger partial charge in [-0.2, -0.15) is 0 Å². The Morgan fingerprint density at radius 1 is 1.04 bits per heavy atom. The summed E-state index contributed by atoms with van der Waals surface area (Å²) in [5.41, 5.74) is 0. The third kappa shape index (κ3) is 6.59. The van der Waals surface area contributed by atoms with E-state index in [1.807, 2.05) is 6.92 Å². The fraction of sp³-hybridized carbons (Fsp3) is 0.824. The highest BCUT2D eigenvalue weighted by atomic mass is 16.2. The van der Waals surface area contributed by atoms with Gasteiger partial charge in [-0.25, -0.2) is 0 Å². The molecule has 1 atom stereocenters. The summed E-state index contributed by atoms with van der Waals surface area (Å²) >= 11 is 0. The molecule has 1 aliphatic heterocycles. The van der Waals surface area contributed by atoms with Crippen molar-refractivity contribution in [3.63, 3.8) is 0 Å². The highest BCUT2D eigenvalue weighted by molar-refractivity contribution is 5.80. The van der Waals surface area contributed by atoms with Crippen LogP contribution < -0.4 is 5.32 Å². The standard InChI is InChI=1S/C17H31N3O3/c1-4-6-7-15(5-2)17(23)18-9-8-16(22)20-12-10-19(11-13-20)14(3)21/h15H,4-13H2,1-3H3,(H,18,23). The van der Waals surface area contributed by atoms with E-state index in [1.165, 1.54) is 0 Å². The van der Waals surface area contributed by atoms with E-state index in [-0.39, 0.29) is 23.6 Å². The fourth-order valence-electron chi connectivity index (χ4n) is 2.84. The van der Waals surface area contributed by atoms with E-state index in [4.69, 9.17) is 0 Å².